The Hall–Kier alpha value is -3.15. The highest BCUT2D eigenvalue weighted by molar-refractivity contribution is 7.92. The number of benzene rings is 2. The molecule has 0 spiro atoms. The van der Waals surface area contributed by atoms with Crippen LogP contribution in [0.2, 0.25) is 0 Å². The molecule has 1 aliphatic rings. The first-order valence-electron chi connectivity index (χ1n) is 14.0. The minimum absolute atomic E-state index is 0.122. The van der Waals surface area contributed by atoms with E-state index in [1.165, 1.54) is 6.07 Å². The third kappa shape index (κ3) is 9.44. The Balaban J connectivity index is 1.95. The second kappa shape index (κ2) is 14.7. The number of nitrogens with zero attached hydrogens (tertiary/aromatic N) is 2. The Morgan fingerprint density at radius 2 is 1.88 bits per heavy atom. The van der Waals surface area contributed by atoms with Gasteiger partial charge in [-0.3, -0.25) is 14.3 Å². The van der Waals surface area contributed by atoms with Crippen LogP contribution in [0.5, 0.6) is 5.75 Å². The van der Waals surface area contributed by atoms with Crippen molar-refractivity contribution < 1.29 is 32.6 Å². The average Bonchev–Trinajstić information content (AvgIpc) is 2.93. The van der Waals surface area contributed by atoms with Crippen molar-refractivity contribution in [1.29, 1.82) is 0 Å². The molecule has 4 atom stereocenters. The van der Waals surface area contributed by atoms with Crippen molar-refractivity contribution in [2.45, 2.75) is 58.3 Å². The number of hydrogen-bond donors (Lipinski definition) is 2. The van der Waals surface area contributed by atoms with Crippen LogP contribution in [0.4, 0.5) is 5.69 Å². The topological polar surface area (TPSA) is 125 Å². The fourth-order valence-electron chi connectivity index (χ4n) is 4.82. The second-order valence-corrected chi connectivity index (χ2v) is 12.7. The first-order chi connectivity index (χ1) is 19.4. The number of fused-ring (bicyclic) bond motifs is 1. The number of rotatable bonds is 7. The molecule has 1 heterocycles. The molecule has 0 unspecified atom stereocenters. The Morgan fingerprint density at radius 1 is 1.17 bits per heavy atom. The van der Waals surface area contributed by atoms with Crippen molar-refractivity contribution in [3.8, 4) is 5.75 Å². The molecular weight excluding hydrogens is 546 g/mol. The molecule has 2 aromatic carbocycles. The lowest BCUT2D eigenvalue weighted by Gasteiger charge is -2.36. The van der Waals surface area contributed by atoms with Crippen molar-refractivity contribution in [3.05, 3.63) is 59.7 Å². The number of sulfonamides is 1. The molecular formula is C30H43N3O7S. The Morgan fingerprint density at radius 3 is 2.54 bits per heavy atom. The summed E-state index contributed by atoms with van der Waals surface area (Å²) in [5, 5.41) is 10.1. The molecule has 2 N–H and O–H groups in total. The van der Waals surface area contributed by atoms with Gasteiger partial charge in [0.15, 0.2) is 0 Å². The smallest absolute Gasteiger partial charge is 0.258 e. The lowest BCUT2D eigenvalue weighted by atomic mass is 10.0. The Kier molecular flexibility index (Phi) is 11.6. The Labute approximate surface area is 243 Å². The summed E-state index contributed by atoms with van der Waals surface area (Å²) in [6, 6.07) is 13.1. The van der Waals surface area contributed by atoms with E-state index in [0.717, 1.165) is 25.5 Å². The first kappa shape index (κ1) is 32.4. The Bertz CT molecular complexity index is 1270. The highest BCUT2D eigenvalue weighted by Gasteiger charge is 2.31. The zero-order valence-corrected chi connectivity index (χ0v) is 25.4. The molecule has 2 aromatic rings. The normalized spacial score (nSPS) is 21.7. The van der Waals surface area contributed by atoms with Crippen LogP contribution in [0.25, 0.3) is 0 Å². The molecule has 0 radical (unpaired) electrons. The molecule has 0 aliphatic carbocycles. The van der Waals surface area contributed by atoms with Gasteiger partial charge in [-0.1, -0.05) is 25.1 Å². The van der Waals surface area contributed by atoms with E-state index in [4.69, 9.17) is 9.47 Å². The van der Waals surface area contributed by atoms with E-state index in [-0.39, 0.29) is 48.4 Å². The number of anilines is 1. The van der Waals surface area contributed by atoms with Gasteiger partial charge in [0.25, 0.3) is 11.8 Å². The van der Waals surface area contributed by atoms with E-state index in [0.29, 0.717) is 24.5 Å². The van der Waals surface area contributed by atoms with Gasteiger partial charge in [-0.2, -0.15) is 0 Å². The number of likely N-dealkylation sites (N-methyl/N-ethyl adjacent to an activating group) is 1. The first-order valence-corrected chi connectivity index (χ1v) is 15.9. The van der Waals surface area contributed by atoms with Crippen LogP contribution in [0.1, 0.15) is 60.7 Å². The highest BCUT2D eigenvalue weighted by atomic mass is 32.2. The molecule has 2 amide bonds. The lowest BCUT2D eigenvalue weighted by Crippen LogP contribution is -2.48. The summed E-state index contributed by atoms with van der Waals surface area (Å²) in [7, 11) is -1.84. The van der Waals surface area contributed by atoms with Gasteiger partial charge in [0.1, 0.15) is 5.75 Å². The number of aliphatic hydroxyl groups excluding tert-OH is 1. The van der Waals surface area contributed by atoms with E-state index in [1.54, 1.807) is 48.0 Å². The van der Waals surface area contributed by atoms with E-state index >= 15 is 0 Å². The van der Waals surface area contributed by atoms with Crippen LogP contribution in [-0.4, -0.2) is 93.0 Å². The maximum atomic E-state index is 14.1. The number of nitrogens with one attached hydrogen (secondary N) is 1. The van der Waals surface area contributed by atoms with Gasteiger partial charge in [0, 0.05) is 43.9 Å². The molecule has 10 nitrogen and oxygen atoms in total. The summed E-state index contributed by atoms with van der Waals surface area (Å²) in [6.07, 6.45) is 2.83. The largest absolute Gasteiger partial charge is 0.490 e. The third-order valence-corrected chi connectivity index (χ3v) is 7.78. The SMILES string of the molecule is C[C@@H]1CN([C@H](C)CO)C(=O)c2cc(NS(C)(=O)=O)ccc2O[C@@H](C)CCCCO[C@@H]1CN(C)C(=O)c1ccccc1. The van der Waals surface area contributed by atoms with Gasteiger partial charge in [-0.25, -0.2) is 8.42 Å². The number of amides is 2. The van der Waals surface area contributed by atoms with E-state index in [2.05, 4.69) is 4.72 Å². The molecule has 11 heteroatoms. The summed E-state index contributed by atoms with van der Waals surface area (Å²) in [4.78, 5) is 30.3. The van der Waals surface area contributed by atoms with Crippen LogP contribution >= 0.6 is 0 Å². The molecule has 0 aromatic heterocycles. The fourth-order valence-corrected chi connectivity index (χ4v) is 5.37. The van der Waals surface area contributed by atoms with Gasteiger partial charge in [-0.05, 0) is 63.4 Å². The van der Waals surface area contributed by atoms with Crippen LogP contribution in [-0.2, 0) is 14.8 Å². The van der Waals surface area contributed by atoms with Crippen molar-refractivity contribution in [1.82, 2.24) is 9.80 Å². The minimum Gasteiger partial charge on any atom is -0.490 e. The predicted octanol–water partition coefficient (Wildman–Crippen LogP) is 3.63. The second-order valence-electron chi connectivity index (χ2n) is 10.9. The van der Waals surface area contributed by atoms with Crippen molar-refractivity contribution in [3.63, 3.8) is 0 Å². The standard InChI is InChI=1S/C30H43N3O7S/c1-21-18-33(22(2)20-34)30(36)26-17-25(31-41(5,37)38)14-15-27(26)40-23(3)11-9-10-16-39-28(21)19-32(4)29(35)24-12-7-6-8-13-24/h6-8,12-15,17,21-23,28,31,34H,9-11,16,18-20H2,1-5H3/t21-,22-,23+,28-/m1/s1. The number of hydrogen-bond acceptors (Lipinski definition) is 7. The number of carbonyl (C=O) groups is 2. The molecule has 1 aliphatic heterocycles. The quantitative estimate of drug-likeness (QED) is 0.505. The number of carbonyl (C=O) groups excluding carboxylic acids is 2. The van der Waals surface area contributed by atoms with Gasteiger partial charge < -0.3 is 24.4 Å². The molecule has 226 valence electrons. The maximum Gasteiger partial charge on any atom is 0.258 e. The molecule has 0 bridgehead atoms. The summed E-state index contributed by atoms with van der Waals surface area (Å²) in [6.45, 7) is 6.41. The zero-order chi connectivity index (χ0) is 30.2. The molecule has 3 rings (SSSR count). The van der Waals surface area contributed by atoms with Crippen LogP contribution in [0, 0.1) is 5.92 Å². The van der Waals surface area contributed by atoms with Crippen molar-refractivity contribution in [2.24, 2.45) is 5.92 Å². The third-order valence-electron chi connectivity index (χ3n) is 7.18. The zero-order valence-electron chi connectivity index (χ0n) is 24.6. The van der Waals surface area contributed by atoms with Crippen LogP contribution < -0.4 is 9.46 Å². The molecule has 0 saturated carbocycles. The van der Waals surface area contributed by atoms with E-state index in [1.807, 2.05) is 32.0 Å². The van der Waals surface area contributed by atoms with Gasteiger partial charge >= 0.3 is 0 Å². The number of ether oxygens (including phenoxy) is 2. The van der Waals surface area contributed by atoms with Gasteiger partial charge in [0.05, 0.1) is 36.7 Å². The molecule has 0 saturated heterocycles. The predicted molar refractivity (Wildman–Crippen MR) is 159 cm³/mol. The van der Waals surface area contributed by atoms with Crippen molar-refractivity contribution >= 4 is 27.5 Å². The molecule has 0 fully saturated rings. The highest BCUT2D eigenvalue weighted by Crippen LogP contribution is 2.29. The average molecular weight is 590 g/mol. The number of aliphatic hydroxyl groups is 1. The van der Waals surface area contributed by atoms with E-state index < -0.39 is 22.0 Å². The van der Waals surface area contributed by atoms with E-state index in [9.17, 15) is 23.1 Å². The summed E-state index contributed by atoms with van der Waals surface area (Å²) in [5.74, 6) is -0.379. The summed E-state index contributed by atoms with van der Waals surface area (Å²) in [5.41, 5.74) is 1.02. The maximum absolute atomic E-state index is 14.1. The summed E-state index contributed by atoms with van der Waals surface area (Å²) >= 11 is 0. The van der Waals surface area contributed by atoms with Crippen LogP contribution in [0.15, 0.2) is 48.5 Å². The van der Waals surface area contributed by atoms with Gasteiger partial charge in [-0.15, -0.1) is 0 Å². The minimum atomic E-state index is -3.57. The monoisotopic (exact) mass is 589 g/mol. The lowest BCUT2D eigenvalue weighted by molar-refractivity contribution is -0.0149. The van der Waals surface area contributed by atoms with Gasteiger partial charge in [0.2, 0.25) is 10.0 Å². The fraction of sp³-hybridized carbons (Fsp3) is 0.533. The molecule has 41 heavy (non-hydrogen) atoms. The van der Waals surface area contributed by atoms with Crippen molar-refractivity contribution in [2.75, 3.05) is 44.3 Å². The summed E-state index contributed by atoms with van der Waals surface area (Å²) < 4.78 is 38.7. The van der Waals surface area contributed by atoms with Crippen LogP contribution in [0.3, 0.4) is 0 Å².